The molecule has 0 aromatic heterocycles. The van der Waals surface area contributed by atoms with Gasteiger partial charge in [-0.1, -0.05) is 12.1 Å². The summed E-state index contributed by atoms with van der Waals surface area (Å²) in [5, 5.41) is 2.83. The summed E-state index contributed by atoms with van der Waals surface area (Å²) >= 11 is 0. The van der Waals surface area contributed by atoms with Crippen molar-refractivity contribution in [2.45, 2.75) is 49.3 Å². The third-order valence-corrected chi connectivity index (χ3v) is 6.67. The molecule has 2 heterocycles. The lowest BCUT2D eigenvalue weighted by Crippen LogP contribution is -2.35. The van der Waals surface area contributed by atoms with Gasteiger partial charge in [0.15, 0.2) is 0 Å². The molecule has 8 heteroatoms. The van der Waals surface area contributed by atoms with Crippen molar-refractivity contribution < 1.29 is 17.9 Å². The van der Waals surface area contributed by atoms with Crippen LogP contribution >= 0.6 is 0 Å². The number of ether oxygens (including phenoxy) is 1. The van der Waals surface area contributed by atoms with Gasteiger partial charge < -0.3 is 15.8 Å². The molecule has 0 bridgehead atoms. The Morgan fingerprint density at radius 3 is 2.48 bits per heavy atom. The molecule has 138 valence electrons. The molecule has 0 spiro atoms. The van der Waals surface area contributed by atoms with Gasteiger partial charge in [0.25, 0.3) is 0 Å². The van der Waals surface area contributed by atoms with Gasteiger partial charge in [-0.2, -0.15) is 4.31 Å². The van der Waals surface area contributed by atoms with Crippen molar-refractivity contribution in [3.05, 3.63) is 29.8 Å². The zero-order valence-electron chi connectivity index (χ0n) is 14.2. The summed E-state index contributed by atoms with van der Waals surface area (Å²) in [6.07, 6.45) is 2.84. The lowest BCUT2D eigenvalue weighted by molar-refractivity contribution is -0.132. The summed E-state index contributed by atoms with van der Waals surface area (Å²) in [7, 11) is -3.39. The van der Waals surface area contributed by atoms with Gasteiger partial charge in [-0.25, -0.2) is 8.42 Å². The van der Waals surface area contributed by atoms with E-state index in [1.165, 1.54) is 4.31 Å². The molecular formula is C17H25N3O4S. The second-order valence-electron chi connectivity index (χ2n) is 6.53. The van der Waals surface area contributed by atoms with Crippen LogP contribution in [0.2, 0.25) is 0 Å². The van der Waals surface area contributed by atoms with E-state index >= 15 is 0 Å². The number of rotatable bonds is 6. The van der Waals surface area contributed by atoms with Gasteiger partial charge in [0.05, 0.1) is 11.0 Å². The standard InChI is InChI=1S/C17H25N3O4S/c18-11-14-5-8-16(24-14)17(21)19-12-13-3-6-15(7-4-13)25(22,23)20-9-1-2-10-20/h3-4,6-7,14,16H,1-2,5,8-12,18H2,(H,19,21)/t14-,16+/m1/s1. The van der Waals surface area contributed by atoms with E-state index in [4.69, 9.17) is 10.5 Å². The molecular weight excluding hydrogens is 342 g/mol. The Morgan fingerprint density at radius 1 is 1.20 bits per heavy atom. The first-order valence-corrected chi connectivity index (χ1v) is 10.2. The Labute approximate surface area is 148 Å². The third-order valence-electron chi connectivity index (χ3n) is 4.76. The van der Waals surface area contributed by atoms with E-state index < -0.39 is 16.1 Å². The summed E-state index contributed by atoms with van der Waals surface area (Å²) in [5.74, 6) is -0.148. The molecule has 2 fully saturated rings. The van der Waals surface area contributed by atoms with Gasteiger partial charge in [-0.3, -0.25) is 4.79 Å². The maximum Gasteiger partial charge on any atom is 0.249 e. The van der Waals surface area contributed by atoms with Crippen molar-refractivity contribution in [2.75, 3.05) is 19.6 Å². The molecule has 0 radical (unpaired) electrons. The van der Waals surface area contributed by atoms with Gasteiger partial charge in [0.1, 0.15) is 6.10 Å². The number of carbonyl (C=O) groups is 1. The smallest absolute Gasteiger partial charge is 0.249 e. The number of nitrogens with one attached hydrogen (secondary N) is 1. The van der Waals surface area contributed by atoms with Crippen LogP contribution in [0.5, 0.6) is 0 Å². The summed E-state index contributed by atoms with van der Waals surface area (Å²) in [6.45, 7) is 1.95. The monoisotopic (exact) mass is 367 g/mol. The van der Waals surface area contributed by atoms with Crippen LogP contribution in [0, 0.1) is 0 Å². The van der Waals surface area contributed by atoms with Crippen molar-refractivity contribution >= 4 is 15.9 Å². The maximum absolute atomic E-state index is 12.5. The Bertz CT molecular complexity index is 699. The van der Waals surface area contributed by atoms with Crippen LogP contribution in [0.25, 0.3) is 0 Å². The molecule has 1 amide bonds. The highest BCUT2D eigenvalue weighted by molar-refractivity contribution is 7.89. The molecule has 2 saturated heterocycles. The van der Waals surface area contributed by atoms with Crippen LogP contribution in [-0.2, 0) is 26.1 Å². The van der Waals surface area contributed by atoms with Crippen LogP contribution < -0.4 is 11.1 Å². The second-order valence-corrected chi connectivity index (χ2v) is 8.47. The number of hydrogen-bond donors (Lipinski definition) is 2. The molecule has 0 saturated carbocycles. The van der Waals surface area contributed by atoms with Crippen molar-refractivity contribution in [1.82, 2.24) is 9.62 Å². The van der Waals surface area contributed by atoms with Crippen molar-refractivity contribution in [1.29, 1.82) is 0 Å². The number of nitrogens with zero attached hydrogens (tertiary/aromatic N) is 1. The zero-order chi connectivity index (χ0) is 17.9. The van der Waals surface area contributed by atoms with E-state index in [-0.39, 0.29) is 12.0 Å². The van der Waals surface area contributed by atoms with Crippen molar-refractivity contribution in [2.24, 2.45) is 5.73 Å². The maximum atomic E-state index is 12.5. The van der Waals surface area contributed by atoms with E-state index in [2.05, 4.69) is 5.32 Å². The first-order valence-electron chi connectivity index (χ1n) is 8.73. The minimum Gasteiger partial charge on any atom is -0.364 e. The molecule has 2 atom stereocenters. The van der Waals surface area contributed by atoms with Gasteiger partial charge in [0.2, 0.25) is 15.9 Å². The Balaban J connectivity index is 1.55. The summed E-state index contributed by atoms with van der Waals surface area (Å²) < 4.78 is 32.0. The Hall–Kier alpha value is -1.48. The highest BCUT2D eigenvalue weighted by Gasteiger charge is 2.30. The zero-order valence-corrected chi connectivity index (χ0v) is 15.0. The molecule has 0 unspecified atom stereocenters. The fourth-order valence-corrected chi connectivity index (χ4v) is 4.75. The van der Waals surface area contributed by atoms with Crippen LogP contribution in [0.1, 0.15) is 31.2 Å². The summed E-state index contributed by atoms with van der Waals surface area (Å²) in [5.41, 5.74) is 6.40. The Kier molecular flexibility index (Phi) is 5.73. The van der Waals surface area contributed by atoms with E-state index in [0.29, 0.717) is 37.5 Å². The molecule has 3 N–H and O–H groups in total. The van der Waals surface area contributed by atoms with Crippen LogP contribution in [-0.4, -0.2) is 50.5 Å². The average molecular weight is 367 g/mol. The van der Waals surface area contributed by atoms with E-state index in [9.17, 15) is 13.2 Å². The van der Waals surface area contributed by atoms with Gasteiger partial charge in [0, 0.05) is 26.2 Å². The Morgan fingerprint density at radius 2 is 1.88 bits per heavy atom. The lowest BCUT2D eigenvalue weighted by atomic mass is 10.2. The van der Waals surface area contributed by atoms with Crippen LogP contribution in [0.3, 0.4) is 0 Å². The quantitative estimate of drug-likeness (QED) is 0.766. The van der Waals surface area contributed by atoms with Crippen molar-refractivity contribution in [3.63, 3.8) is 0 Å². The van der Waals surface area contributed by atoms with Gasteiger partial charge >= 0.3 is 0 Å². The average Bonchev–Trinajstić information content (AvgIpc) is 3.31. The third kappa shape index (κ3) is 4.20. The lowest BCUT2D eigenvalue weighted by Gasteiger charge is -2.16. The fourth-order valence-electron chi connectivity index (χ4n) is 3.23. The topological polar surface area (TPSA) is 102 Å². The van der Waals surface area contributed by atoms with E-state index in [0.717, 1.165) is 24.8 Å². The molecule has 2 aliphatic heterocycles. The second kappa shape index (κ2) is 7.82. The molecule has 0 aliphatic carbocycles. The van der Waals surface area contributed by atoms with E-state index in [1.807, 2.05) is 0 Å². The minimum absolute atomic E-state index is 0.0363. The van der Waals surface area contributed by atoms with E-state index in [1.54, 1.807) is 24.3 Å². The van der Waals surface area contributed by atoms with Gasteiger partial charge in [-0.05, 0) is 43.4 Å². The number of nitrogens with two attached hydrogens (primary N) is 1. The molecule has 2 aliphatic rings. The predicted molar refractivity (Wildman–Crippen MR) is 93.2 cm³/mol. The molecule has 25 heavy (non-hydrogen) atoms. The number of benzene rings is 1. The van der Waals surface area contributed by atoms with Crippen molar-refractivity contribution in [3.8, 4) is 0 Å². The first kappa shape index (κ1) is 18.3. The molecule has 1 aromatic rings. The number of carbonyl (C=O) groups excluding carboxylic acids is 1. The molecule has 7 nitrogen and oxygen atoms in total. The number of sulfonamides is 1. The number of amides is 1. The minimum atomic E-state index is -3.39. The normalized spacial score (nSPS) is 24.5. The highest BCUT2D eigenvalue weighted by atomic mass is 32.2. The fraction of sp³-hybridized carbons (Fsp3) is 0.588. The molecule has 3 rings (SSSR count). The predicted octanol–water partition coefficient (Wildman–Crippen LogP) is 0.594. The summed E-state index contributed by atoms with van der Waals surface area (Å²) in [4.78, 5) is 12.4. The van der Waals surface area contributed by atoms with Crippen LogP contribution in [0.15, 0.2) is 29.2 Å². The summed E-state index contributed by atoms with van der Waals surface area (Å²) in [6, 6.07) is 6.68. The SMILES string of the molecule is NC[C@H]1CC[C@@H](C(=O)NCc2ccc(S(=O)(=O)N3CCCC3)cc2)O1. The van der Waals surface area contributed by atoms with Crippen LogP contribution in [0.4, 0.5) is 0 Å². The number of hydrogen-bond acceptors (Lipinski definition) is 5. The largest absolute Gasteiger partial charge is 0.364 e. The molecule has 1 aromatic carbocycles. The highest BCUT2D eigenvalue weighted by Crippen LogP contribution is 2.21. The first-order chi connectivity index (χ1) is 12.0. The van der Waals surface area contributed by atoms with Gasteiger partial charge in [-0.15, -0.1) is 0 Å².